The van der Waals surface area contributed by atoms with Crippen LogP contribution in [-0.4, -0.2) is 18.0 Å². The van der Waals surface area contributed by atoms with Crippen molar-refractivity contribution < 1.29 is 26.9 Å². The number of rotatable bonds is 11. The maximum absolute atomic E-state index is 8.42. The smallest absolute Gasteiger partial charge is 0.252 e. The highest BCUT2D eigenvalue weighted by atomic mass is 35.5. The Morgan fingerprint density at radius 1 is 1.10 bits per heavy atom. The van der Waals surface area contributed by atoms with Crippen LogP contribution < -0.4 is 17.0 Å². The second-order valence-corrected chi connectivity index (χ2v) is 5.05. The Kier molecular flexibility index (Phi) is 13.1. The number of aromatic nitrogens is 1. The lowest BCUT2D eigenvalue weighted by Crippen LogP contribution is -3.00. The van der Waals surface area contributed by atoms with Crippen LogP contribution in [0, 0.1) is 0 Å². The summed E-state index contributed by atoms with van der Waals surface area (Å²) in [5.41, 5.74) is 0.871. The van der Waals surface area contributed by atoms with Crippen LogP contribution in [0.2, 0.25) is 0 Å². The second kappa shape index (κ2) is 13.8. The molecule has 21 heavy (non-hydrogen) atoms. The predicted octanol–water partition coefficient (Wildman–Crippen LogP) is 0.511. The Morgan fingerprint density at radius 3 is 2.33 bits per heavy atom. The lowest BCUT2D eigenvalue weighted by Gasteiger charge is -2.02. The summed E-state index contributed by atoms with van der Waals surface area (Å²) in [6.07, 6.45) is 14.4. The molecule has 0 unspecified atom stereocenters. The van der Waals surface area contributed by atoms with E-state index in [2.05, 4.69) is 12.1 Å². The molecule has 5 heteroatoms. The van der Waals surface area contributed by atoms with E-state index in [0.29, 0.717) is 6.73 Å². The summed E-state index contributed by atoms with van der Waals surface area (Å²) in [5, 5.41) is 11.4. The van der Waals surface area contributed by atoms with E-state index in [9.17, 15) is 0 Å². The summed E-state index contributed by atoms with van der Waals surface area (Å²) in [7, 11) is 0. The normalized spacial score (nSPS) is 10.7. The first-order valence-corrected chi connectivity index (χ1v) is 7.61. The van der Waals surface area contributed by atoms with E-state index in [-0.39, 0.29) is 12.4 Å². The second-order valence-electron chi connectivity index (χ2n) is 5.05. The molecule has 1 aromatic heterocycles. The van der Waals surface area contributed by atoms with E-state index in [1.165, 1.54) is 44.7 Å². The van der Waals surface area contributed by atoms with Crippen molar-refractivity contribution in [1.82, 2.24) is 0 Å². The number of oxime groups is 1. The molecule has 0 aliphatic heterocycles. The molecular formula is C16H27ClN2O2. The van der Waals surface area contributed by atoms with Crippen molar-refractivity contribution in [1.29, 1.82) is 0 Å². The monoisotopic (exact) mass is 314 g/mol. The van der Waals surface area contributed by atoms with Crippen LogP contribution >= 0.6 is 0 Å². The maximum atomic E-state index is 8.42. The fourth-order valence-corrected chi connectivity index (χ4v) is 2.04. The zero-order valence-corrected chi connectivity index (χ0v) is 13.6. The summed E-state index contributed by atoms with van der Waals surface area (Å²) < 4.78 is 7.60. The molecule has 1 aromatic rings. The molecule has 0 saturated heterocycles. The van der Waals surface area contributed by atoms with Gasteiger partial charge in [-0.05, 0) is 6.42 Å². The number of unbranched alkanes of at least 4 members (excludes halogenated alkanes) is 6. The third-order valence-electron chi connectivity index (χ3n) is 3.26. The van der Waals surface area contributed by atoms with E-state index >= 15 is 0 Å². The molecule has 0 fully saturated rings. The lowest BCUT2D eigenvalue weighted by molar-refractivity contribution is -0.732. The van der Waals surface area contributed by atoms with Crippen LogP contribution in [0.15, 0.2) is 29.7 Å². The fraction of sp³-hybridized carbons (Fsp3) is 0.625. The van der Waals surface area contributed by atoms with Crippen molar-refractivity contribution in [3.8, 4) is 0 Å². The Hall–Kier alpha value is -1.13. The molecule has 4 nitrogen and oxygen atoms in total. The standard InChI is InChI=1S/C16H26N2O2.ClH/c1-2-3-4-5-6-7-8-13-20-15-18-11-9-16(10-12-18)14-17-19;/h9-12,14H,2-8,13,15H2,1H3;1H. The van der Waals surface area contributed by atoms with E-state index in [4.69, 9.17) is 9.94 Å². The van der Waals surface area contributed by atoms with Gasteiger partial charge in [0.05, 0.1) is 12.8 Å². The van der Waals surface area contributed by atoms with Gasteiger partial charge in [0, 0.05) is 17.7 Å². The van der Waals surface area contributed by atoms with Crippen molar-refractivity contribution in [2.45, 2.75) is 58.6 Å². The minimum Gasteiger partial charge on any atom is -1.00 e. The molecular weight excluding hydrogens is 288 g/mol. The summed E-state index contributed by atoms with van der Waals surface area (Å²) in [4.78, 5) is 0. The number of nitrogens with zero attached hydrogens (tertiary/aromatic N) is 2. The van der Waals surface area contributed by atoms with Crippen LogP contribution in [0.25, 0.3) is 0 Å². The molecule has 0 bridgehead atoms. The minimum atomic E-state index is 0. The van der Waals surface area contributed by atoms with Crippen LogP contribution in [0.1, 0.15) is 57.4 Å². The molecule has 0 spiro atoms. The fourth-order valence-electron chi connectivity index (χ4n) is 2.04. The Labute approximate surface area is 134 Å². The van der Waals surface area contributed by atoms with Gasteiger partial charge in [0.2, 0.25) is 0 Å². The van der Waals surface area contributed by atoms with Gasteiger partial charge in [-0.15, -0.1) is 0 Å². The van der Waals surface area contributed by atoms with Gasteiger partial charge in [-0.1, -0.05) is 50.6 Å². The summed E-state index contributed by atoms with van der Waals surface area (Å²) in [6.45, 7) is 3.64. The van der Waals surface area contributed by atoms with E-state index in [0.717, 1.165) is 18.6 Å². The molecule has 0 amide bonds. The third kappa shape index (κ3) is 10.3. The number of halogens is 1. The highest BCUT2D eigenvalue weighted by molar-refractivity contribution is 5.78. The highest BCUT2D eigenvalue weighted by Crippen LogP contribution is 2.06. The first-order chi connectivity index (χ1) is 9.86. The molecule has 0 radical (unpaired) electrons. The lowest BCUT2D eigenvalue weighted by atomic mass is 10.1. The molecule has 0 aliphatic carbocycles. The summed E-state index contributed by atoms with van der Waals surface area (Å²) >= 11 is 0. The zero-order chi connectivity index (χ0) is 14.5. The Bertz CT molecular complexity index is 369. The van der Waals surface area contributed by atoms with Crippen molar-refractivity contribution in [3.05, 3.63) is 30.1 Å². The highest BCUT2D eigenvalue weighted by Gasteiger charge is 1.99. The van der Waals surface area contributed by atoms with E-state index < -0.39 is 0 Å². The number of hydrogen-bond donors (Lipinski definition) is 1. The zero-order valence-electron chi connectivity index (χ0n) is 12.9. The summed E-state index contributed by atoms with van der Waals surface area (Å²) in [6, 6.07) is 3.77. The van der Waals surface area contributed by atoms with Crippen molar-refractivity contribution in [2.24, 2.45) is 5.16 Å². The van der Waals surface area contributed by atoms with Crippen LogP contribution in [0.5, 0.6) is 0 Å². The number of pyridine rings is 1. The van der Waals surface area contributed by atoms with Crippen LogP contribution in [0.3, 0.4) is 0 Å². The molecule has 1 rings (SSSR count). The number of hydrogen-bond acceptors (Lipinski definition) is 3. The van der Waals surface area contributed by atoms with E-state index in [1.54, 1.807) is 0 Å². The van der Waals surface area contributed by atoms with Gasteiger partial charge in [-0.2, -0.15) is 4.57 Å². The van der Waals surface area contributed by atoms with Gasteiger partial charge in [0.25, 0.3) is 6.73 Å². The summed E-state index contributed by atoms with van der Waals surface area (Å²) in [5.74, 6) is 0. The first kappa shape index (κ1) is 19.9. The molecule has 1 heterocycles. The van der Waals surface area contributed by atoms with Crippen molar-refractivity contribution in [3.63, 3.8) is 0 Å². The quantitative estimate of drug-likeness (QED) is 0.213. The largest absolute Gasteiger partial charge is 1.00 e. The van der Waals surface area contributed by atoms with Gasteiger partial charge >= 0.3 is 0 Å². The topological polar surface area (TPSA) is 45.7 Å². The van der Waals surface area contributed by atoms with Gasteiger partial charge in [0.1, 0.15) is 0 Å². The third-order valence-corrected chi connectivity index (χ3v) is 3.26. The Balaban J connectivity index is 0.00000400. The van der Waals surface area contributed by atoms with Gasteiger partial charge < -0.3 is 22.4 Å². The molecule has 1 N–H and O–H groups in total. The predicted molar refractivity (Wildman–Crippen MR) is 80.0 cm³/mol. The number of ether oxygens (including phenoxy) is 1. The molecule has 0 aromatic carbocycles. The van der Waals surface area contributed by atoms with Crippen molar-refractivity contribution >= 4 is 6.21 Å². The molecule has 0 aliphatic rings. The first-order valence-electron chi connectivity index (χ1n) is 7.61. The van der Waals surface area contributed by atoms with Crippen molar-refractivity contribution in [2.75, 3.05) is 6.61 Å². The molecule has 0 atom stereocenters. The Morgan fingerprint density at radius 2 is 1.71 bits per heavy atom. The maximum Gasteiger partial charge on any atom is 0.252 e. The van der Waals surface area contributed by atoms with Gasteiger partial charge in [0.15, 0.2) is 12.4 Å². The van der Waals surface area contributed by atoms with E-state index in [1.807, 2.05) is 29.1 Å². The minimum absolute atomic E-state index is 0. The molecule has 120 valence electrons. The van der Waals surface area contributed by atoms with Gasteiger partial charge in [-0.25, -0.2) is 0 Å². The SMILES string of the molecule is CCCCCCCCCOC[n+]1ccc(/C=N/O)cc1.[Cl-]. The average Bonchev–Trinajstić information content (AvgIpc) is 2.47. The average molecular weight is 315 g/mol. The van der Waals surface area contributed by atoms with Gasteiger partial charge in [-0.3, -0.25) is 0 Å². The van der Waals surface area contributed by atoms with Crippen LogP contribution in [-0.2, 0) is 11.5 Å². The van der Waals surface area contributed by atoms with Crippen LogP contribution in [0.4, 0.5) is 0 Å². The molecule has 0 saturated carbocycles.